The molecule has 30 heavy (non-hydrogen) atoms. The maximum absolute atomic E-state index is 13.2. The number of carbonyl (C=O) groups excluding carboxylic acids is 2. The number of hydrogen-bond acceptors (Lipinski definition) is 5. The van der Waals surface area contributed by atoms with E-state index in [1.165, 1.54) is 4.90 Å². The minimum absolute atomic E-state index is 0.244. The average Bonchev–Trinajstić information content (AvgIpc) is 2.66. The molecule has 0 saturated carbocycles. The number of benzene rings is 1. The summed E-state index contributed by atoms with van der Waals surface area (Å²) >= 11 is 0. The zero-order valence-corrected chi connectivity index (χ0v) is 17.4. The van der Waals surface area contributed by atoms with Gasteiger partial charge in [0.2, 0.25) is 5.91 Å². The van der Waals surface area contributed by atoms with Gasteiger partial charge < -0.3 is 25.2 Å². The molecule has 0 bridgehead atoms. The summed E-state index contributed by atoms with van der Waals surface area (Å²) in [5, 5.41) is 20.6. The first-order valence-corrected chi connectivity index (χ1v) is 9.73. The van der Waals surface area contributed by atoms with E-state index in [1.54, 1.807) is 51.1 Å². The van der Waals surface area contributed by atoms with Crippen molar-refractivity contribution in [2.75, 3.05) is 13.1 Å². The average molecular weight is 420 g/mol. The molecule has 1 unspecified atom stereocenters. The van der Waals surface area contributed by atoms with Gasteiger partial charge in [-0.25, -0.2) is 9.59 Å². The summed E-state index contributed by atoms with van der Waals surface area (Å²) in [5.74, 6) is -3.30. The lowest BCUT2D eigenvalue weighted by molar-refractivity contribution is -0.148. The first-order valence-electron chi connectivity index (χ1n) is 9.73. The number of ether oxygens (including phenoxy) is 1. The molecule has 164 valence electrons. The molecule has 0 aliphatic carbocycles. The van der Waals surface area contributed by atoms with E-state index in [4.69, 9.17) is 9.84 Å². The standard InChI is InChI=1S/C21H28N2O7/c1-20(2,3)30-19(29)23-11-9-21(10-12-23,14-7-5-4-6-8-14)18(28)22-15(17(26)27)13-16(24)25/h4-8,15H,9-13H2,1-3H3,(H,22,28)(H,24,25)(H,26,27). The molecule has 1 heterocycles. The lowest BCUT2D eigenvalue weighted by Gasteiger charge is -2.41. The Morgan fingerprint density at radius 3 is 2.13 bits per heavy atom. The number of carbonyl (C=O) groups is 4. The number of nitrogens with zero attached hydrogens (tertiary/aromatic N) is 1. The van der Waals surface area contributed by atoms with Crippen LogP contribution in [0.4, 0.5) is 4.79 Å². The molecule has 1 aliphatic heterocycles. The molecule has 1 aliphatic rings. The van der Waals surface area contributed by atoms with Crippen LogP contribution in [0, 0.1) is 0 Å². The highest BCUT2D eigenvalue weighted by Gasteiger charge is 2.45. The van der Waals surface area contributed by atoms with Crippen LogP contribution in [0.2, 0.25) is 0 Å². The molecule has 9 nitrogen and oxygen atoms in total. The molecule has 1 atom stereocenters. The van der Waals surface area contributed by atoms with E-state index in [0.717, 1.165) is 0 Å². The fraction of sp³-hybridized carbons (Fsp3) is 0.524. The van der Waals surface area contributed by atoms with Crippen LogP contribution in [0.1, 0.15) is 45.6 Å². The molecule has 0 aromatic heterocycles. The van der Waals surface area contributed by atoms with Crippen molar-refractivity contribution in [3.63, 3.8) is 0 Å². The molecule has 9 heteroatoms. The maximum atomic E-state index is 13.2. The number of carboxylic acid groups (broad SMARTS) is 2. The third-order valence-electron chi connectivity index (χ3n) is 5.01. The molecular weight excluding hydrogens is 392 g/mol. The lowest BCUT2D eigenvalue weighted by Crippen LogP contribution is -2.56. The van der Waals surface area contributed by atoms with Crippen LogP contribution in [0.25, 0.3) is 0 Å². The van der Waals surface area contributed by atoms with Crippen molar-refractivity contribution in [3.8, 4) is 0 Å². The van der Waals surface area contributed by atoms with Gasteiger partial charge in [0.1, 0.15) is 11.6 Å². The summed E-state index contributed by atoms with van der Waals surface area (Å²) in [4.78, 5) is 49.5. The number of rotatable bonds is 6. The number of piperidine rings is 1. The molecule has 2 amide bonds. The van der Waals surface area contributed by atoms with Gasteiger partial charge in [0, 0.05) is 13.1 Å². The molecule has 0 spiro atoms. The van der Waals surface area contributed by atoms with E-state index in [2.05, 4.69) is 5.32 Å². The van der Waals surface area contributed by atoms with Gasteiger partial charge in [-0.3, -0.25) is 9.59 Å². The topological polar surface area (TPSA) is 133 Å². The Labute approximate surface area is 175 Å². The number of likely N-dealkylation sites (tertiary alicyclic amines) is 1. The van der Waals surface area contributed by atoms with E-state index in [9.17, 15) is 24.3 Å². The Kier molecular flexibility index (Phi) is 7.07. The van der Waals surface area contributed by atoms with E-state index in [-0.39, 0.29) is 25.9 Å². The Balaban J connectivity index is 2.25. The van der Waals surface area contributed by atoms with Crippen LogP contribution < -0.4 is 5.32 Å². The van der Waals surface area contributed by atoms with Gasteiger partial charge in [0.15, 0.2) is 0 Å². The van der Waals surface area contributed by atoms with Crippen LogP contribution in [-0.4, -0.2) is 63.8 Å². The van der Waals surface area contributed by atoms with Gasteiger partial charge >= 0.3 is 18.0 Å². The van der Waals surface area contributed by atoms with Crippen molar-refractivity contribution in [3.05, 3.63) is 35.9 Å². The Hall–Kier alpha value is -3.10. The Morgan fingerprint density at radius 2 is 1.67 bits per heavy atom. The van der Waals surface area contributed by atoms with Crippen LogP contribution >= 0.6 is 0 Å². The maximum Gasteiger partial charge on any atom is 0.410 e. The molecule has 3 N–H and O–H groups in total. The van der Waals surface area contributed by atoms with E-state index >= 15 is 0 Å². The molecule has 1 aromatic carbocycles. The quantitative estimate of drug-likeness (QED) is 0.641. The van der Waals surface area contributed by atoms with Crippen LogP contribution in [-0.2, 0) is 24.5 Å². The van der Waals surface area contributed by atoms with E-state index in [0.29, 0.717) is 5.56 Å². The van der Waals surface area contributed by atoms with Crippen molar-refractivity contribution in [1.82, 2.24) is 10.2 Å². The largest absolute Gasteiger partial charge is 0.481 e. The number of aliphatic carboxylic acids is 2. The first-order chi connectivity index (χ1) is 13.9. The zero-order chi connectivity index (χ0) is 22.5. The smallest absolute Gasteiger partial charge is 0.410 e. The summed E-state index contributed by atoms with van der Waals surface area (Å²) < 4.78 is 5.39. The summed E-state index contributed by atoms with van der Waals surface area (Å²) in [6.45, 7) is 5.79. The van der Waals surface area contributed by atoms with Gasteiger partial charge in [-0.15, -0.1) is 0 Å². The van der Waals surface area contributed by atoms with Crippen molar-refractivity contribution >= 4 is 23.9 Å². The molecule has 0 radical (unpaired) electrons. The third kappa shape index (κ3) is 5.71. The normalized spacial score (nSPS) is 17.0. The summed E-state index contributed by atoms with van der Waals surface area (Å²) in [6.07, 6.45) is -0.697. The monoisotopic (exact) mass is 420 g/mol. The molecule has 1 saturated heterocycles. The van der Waals surface area contributed by atoms with Crippen LogP contribution in [0.15, 0.2) is 30.3 Å². The number of nitrogens with one attached hydrogen (secondary N) is 1. The second-order valence-electron chi connectivity index (χ2n) is 8.38. The summed E-state index contributed by atoms with van der Waals surface area (Å²) in [5.41, 5.74) is -1.04. The van der Waals surface area contributed by atoms with Crippen molar-refractivity contribution in [2.45, 2.75) is 57.1 Å². The van der Waals surface area contributed by atoms with Gasteiger partial charge in [0.25, 0.3) is 0 Å². The second kappa shape index (κ2) is 9.15. The molecule has 1 fully saturated rings. The fourth-order valence-electron chi connectivity index (χ4n) is 3.47. The molecule has 1 aromatic rings. The highest BCUT2D eigenvalue weighted by atomic mass is 16.6. The van der Waals surface area contributed by atoms with Gasteiger partial charge in [0.05, 0.1) is 11.8 Å². The highest BCUT2D eigenvalue weighted by molar-refractivity contribution is 5.93. The Bertz CT molecular complexity index is 793. The highest BCUT2D eigenvalue weighted by Crippen LogP contribution is 2.36. The van der Waals surface area contributed by atoms with Crippen molar-refractivity contribution in [2.24, 2.45) is 0 Å². The van der Waals surface area contributed by atoms with Crippen LogP contribution in [0.5, 0.6) is 0 Å². The van der Waals surface area contributed by atoms with Crippen molar-refractivity contribution < 1.29 is 34.1 Å². The number of hydrogen-bond donors (Lipinski definition) is 3. The van der Waals surface area contributed by atoms with E-state index < -0.39 is 47.4 Å². The summed E-state index contributed by atoms with van der Waals surface area (Å²) in [6, 6.07) is 7.35. The predicted molar refractivity (Wildman–Crippen MR) is 107 cm³/mol. The minimum atomic E-state index is -1.54. The first kappa shape index (κ1) is 23.2. The van der Waals surface area contributed by atoms with Gasteiger partial charge in [-0.2, -0.15) is 0 Å². The zero-order valence-electron chi connectivity index (χ0n) is 17.4. The van der Waals surface area contributed by atoms with Crippen LogP contribution in [0.3, 0.4) is 0 Å². The van der Waals surface area contributed by atoms with Gasteiger partial charge in [-0.1, -0.05) is 30.3 Å². The lowest BCUT2D eigenvalue weighted by atomic mass is 9.72. The van der Waals surface area contributed by atoms with Crippen molar-refractivity contribution in [1.29, 1.82) is 0 Å². The fourth-order valence-corrected chi connectivity index (χ4v) is 3.47. The predicted octanol–water partition coefficient (Wildman–Crippen LogP) is 2.00. The Morgan fingerprint density at radius 1 is 1.10 bits per heavy atom. The third-order valence-corrected chi connectivity index (χ3v) is 5.01. The molecule has 2 rings (SSSR count). The SMILES string of the molecule is CC(C)(C)OC(=O)N1CCC(C(=O)NC(CC(=O)O)C(=O)O)(c2ccccc2)CC1. The number of amides is 2. The summed E-state index contributed by atoms with van der Waals surface area (Å²) in [7, 11) is 0. The number of carboxylic acids is 2. The van der Waals surface area contributed by atoms with E-state index in [1.807, 2.05) is 0 Å². The minimum Gasteiger partial charge on any atom is -0.481 e. The van der Waals surface area contributed by atoms with Gasteiger partial charge in [-0.05, 0) is 39.2 Å². The second-order valence-corrected chi connectivity index (χ2v) is 8.38. The molecular formula is C21H28N2O7.